The van der Waals surface area contributed by atoms with Gasteiger partial charge in [-0.1, -0.05) is 59.4 Å². The average molecular weight is 636 g/mol. The highest BCUT2D eigenvalue weighted by atomic mass is 35.5. The Hall–Kier alpha value is -4.38. The van der Waals surface area contributed by atoms with Gasteiger partial charge in [0.25, 0.3) is 0 Å². The molecule has 4 heterocycles. The van der Waals surface area contributed by atoms with Crippen LogP contribution in [0.3, 0.4) is 0 Å². The second-order valence-electron chi connectivity index (χ2n) is 11.7. The number of nitrogens with zero attached hydrogens (tertiary/aromatic N) is 7. The average Bonchev–Trinajstić information content (AvgIpc) is 2.97. The molecule has 0 radical (unpaired) electrons. The van der Waals surface area contributed by atoms with Crippen molar-refractivity contribution in [3.8, 4) is 22.7 Å². The summed E-state index contributed by atoms with van der Waals surface area (Å²) in [7, 11) is 0. The van der Waals surface area contributed by atoms with Crippen molar-refractivity contribution in [3.05, 3.63) is 76.0 Å². The maximum Gasteiger partial charge on any atom is 0.355 e. The standard InChI is InChI=1S/C32H35ClFN7O3.CH4/c1-8-24(43)39-13-19(7)40(14-18(39)6)30-20-12-21(33)28(25-22(34)10-9-11-23(25)42)37-31(20)41(32(44)38-30)29-26(16(2)3)35-15-36-27(29)17(4)5;/h8-12,15-19,42H,1,13-14H2,2-7H3;1H4/t18-,19+;/m1./s1. The van der Waals surface area contributed by atoms with Gasteiger partial charge in [-0.05, 0) is 50.0 Å². The SMILES string of the molecule is C.C=CC(=O)N1C[C@H](C)N(c2nc(=O)n(-c3c(C(C)C)ncnc3C(C)C)c3nc(-c4c(O)cccc4F)c(Cl)cc23)C[C@H]1C. The van der Waals surface area contributed by atoms with Crippen molar-refractivity contribution >= 4 is 34.4 Å². The topological polar surface area (TPSA) is 117 Å². The van der Waals surface area contributed by atoms with E-state index in [1.54, 1.807) is 11.0 Å². The van der Waals surface area contributed by atoms with Crippen LogP contribution in [0, 0.1) is 5.82 Å². The second kappa shape index (κ2) is 12.9. The minimum atomic E-state index is -0.721. The van der Waals surface area contributed by atoms with Gasteiger partial charge in [-0.15, -0.1) is 0 Å². The Morgan fingerprint density at radius 3 is 2.31 bits per heavy atom. The summed E-state index contributed by atoms with van der Waals surface area (Å²) in [6.07, 6.45) is 2.76. The summed E-state index contributed by atoms with van der Waals surface area (Å²) in [5.74, 6) is -1.10. The summed E-state index contributed by atoms with van der Waals surface area (Å²) in [5.41, 5.74) is 0.997. The zero-order chi connectivity index (χ0) is 32.0. The second-order valence-corrected chi connectivity index (χ2v) is 12.1. The normalized spacial score (nSPS) is 16.8. The molecular weight excluding hydrogens is 597 g/mol. The van der Waals surface area contributed by atoms with E-state index in [-0.39, 0.29) is 64.9 Å². The smallest absolute Gasteiger partial charge is 0.355 e. The Balaban J connectivity index is 0.00000461. The Kier molecular flexibility index (Phi) is 9.62. The van der Waals surface area contributed by atoms with E-state index >= 15 is 4.39 Å². The number of carbonyl (C=O) groups excluding carboxylic acids is 1. The molecule has 2 atom stereocenters. The van der Waals surface area contributed by atoms with E-state index in [9.17, 15) is 14.7 Å². The van der Waals surface area contributed by atoms with Crippen molar-refractivity contribution in [2.75, 3.05) is 18.0 Å². The number of aromatic hydroxyl groups is 1. The predicted octanol–water partition coefficient (Wildman–Crippen LogP) is 6.23. The maximum absolute atomic E-state index is 15.1. The van der Waals surface area contributed by atoms with E-state index in [4.69, 9.17) is 16.6 Å². The summed E-state index contributed by atoms with van der Waals surface area (Å²) in [6.45, 7) is 16.1. The van der Waals surface area contributed by atoms with Gasteiger partial charge < -0.3 is 14.9 Å². The van der Waals surface area contributed by atoms with Gasteiger partial charge in [-0.2, -0.15) is 4.98 Å². The number of halogens is 2. The molecule has 5 rings (SSSR count). The zero-order valence-electron chi connectivity index (χ0n) is 25.5. The number of benzene rings is 1. The number of rotatable bonds is 6. The molecule has 1 aliphatic heterocycles. The number of phenols is 1. The third-order valence-corrected chi connectivity index (χ3v) is 8.23. The lowest BCUT2D eigenvalue weighted by molar-refractivity contribution is -0.128. The van der Waals surface area contributed by atoms with Crippen LogP contribution in [0.2, 0.25) is 5.02 Å². The number of pyridine rings is 1. The first-order chi connectivity index (χ1) is 20.8. The molecule has 1 aliphatic rings. The number of hydrogen-bond acceptors (Lipinski definition) is 8. The molecule has 0 bridgehead atoms. The largest absolute Gasteiger partial charge is 0.507 e. The van der Waals surface area contributed by atoms with Crippen molar-refractivity contribution in [2.24, 2.45) is 0 Å². The quantitative estimate of drug-likeness (QED) is 0.248. The summed E-state index contributed by atoms with van der Waals surface area (Å²) < 4.78 is 16.5. The lowest BCUT2D eigenvalue weighted by atomic mass is 10.0. The van der Waals surface area contributed by atoms with Crippen molar-refractivity contribution in [3.63, 3.8) is 0 Å². The number of aromatic nitrogens is 5. The van der Waals surface area contributed by atoms with Gasteiger partial charge in [0.1, 0.15) is 23.7 Å². The van der Waals surface area contributed by atoms with Gasteiger partial charge in [0.15, 0.2) is 5.65 Å². The molecule has 238 valence electrons. The number of phenolic OH excluding ortho intramolecular Hbond substituents is 1. The molecular formula is C33H39ClFN7O3. The molecule has 1 fully saturated rings. The fourth-order valence-corrected chi connectivity index (χ4v) is 6.02. The van der Waals surface area contributed by atoms with E-state index < -0.39 is 11.5 Å². The van der Waals surface area contributed by atoms with Gasteiger partial charge in [0.2, 0.25) is 5.91 Å². The molecule has 3 aromatic heterocycles. The van der Waals surface area contributed by atoms with Crippen LogP contribution in [0.5, 0.6) is 5.75 Å². The molecule has 0 saturated carbocycles. The van der Waals surface area contributed by atoms with E-state index in [1.807, 2.05) is 46.4 Å². The van der Waals surface area contributed by atoms with Crippen LogP contribution in [0.1, 0.15) is 72.2 Å². The van der Waals surface area contributed by atoms with Crippen molar-refractivity contribution in [1.82, 2.24) is 29.4 Å². The highest BCUT2D eigenvalue weighted by Crippen LogP contribution is 2.39. The monoisotopic (exact) mass is 635 g/mol. The molecule has 4 aromatic rings. The summed E-state index contributed by atoms with van der Waals surface area (Å²) in [6, 6.07) is 5.08. The molecule has 1 amide bonds. The fraction of sp³-hybridized carbons (Fsp3) is 0.394. The summed E-state index contributed by atoms with van der Waals surface area (Å²) in [5, 5.41) is 11.1. The Morgan fingerprint density at radius 2 is 1.73 bits per heavy atom. The van der Waals surface area contributed by atoms with Crippen LogP contribution in [0.25, 0.3) is 28.0 Å². The Bertz CT molecular complexity index is 1800. The van der Waals surface area contributed by atoms with Gasteiger partial charge in [-0.3, -0.25) is 4.79 Å². The molecule has 45 heavy (non-hydrogen) atoms. The highest BCUT2D eigenvalue weighted by molar-refractivity contribution is 6.34. The van der Waals surface area contributed by atoms with Crippen molar-refractivity contribution in [2.45, 2.75) is 72.9 Å². The van der Waals surface area contributed by atoms with Crippen LogP contribution in [-0.4, -0.2) is 65.6 Å². The summed E-state index contributed by atoms with van der Waals surface area (Å²) in [4.78, 5) is 48.9. The van der Waals surface area contributed by atoms with Crippen LogP contribution in [-0.2, 0) is 4.79 Å². The molecule has 12 heteroatoms. The molecule has 0 unspecified atom stereocenters. The van der Waals surface area contributed by atoms with Gasteiger partial charge in [0.05, 0.1) is 38.7 Å². The lowest BCUT2D eigenvalue weighted by Crippen LogP contribution is -2.58. The van der Waals surface area contributed by atoms with Gasteiger partial charge in [-0.25, -0.2) is 28.7 Å². The maximum atomic E-state index is 15.1. The number of hydrogen-bond donors (Lipinski definition) is 1. The molecule has 0 spiro atoms. The molecule has 1 saturated heterocycles. The van der Waals surface area contributed by atoms with Crippen LogP contribution >= 0.6 is 11.6 Å². The van der Waals surface area contributed by atoms with E-state index in [2.05, 4.69) is 21.5 Å². The number of piperazine rings is 1. The first-order valence-corrected chi connectivity index (χ1v) is 14.9. The van der Waals surface area contributed by atoms with Crippen LogP contribution in [0.4, 0.5) is 10.2 Å². The Labute approximate surface area is 267 Å². The lowest BCUT2D eigenvalue weighted by Gasteiger charge is -2.44. The first kappa shape index (κ1) is 33.5. The summed E-state index contributed by atoms with van der Waals surface area (Å²) >= 11 is 6.78. The van der Waals surface area contributed by atoms with E-state index in [0.29, 0.717) is 41.4 Å². The van der Waals surface area contributed by atoms with Crippen LogP contribution < -0.4 is 10.6 Å². The van der Waals surface area contributed by atoms with Gasteiger partial charge in [0, 0.05) is 25.2 Å². The number of anilines is 1. The molecule has 1 N–H and O–H groups in total. The minimum Gasteiger partial charge on any atom is -0.507 e. The van der Waals surface area contributed by atoms with Crippen LogP contribution in [0.15, 0.2) is 48.0 Å². The van der Waals surface area contributed by atoms with E-state index in [0.717, 1.165) is 0 Å². The predicted molar refractivity (Wildman–Crippen MR) is 176 cm³/mol. The van der Waals surface area contributed by atoms with E-state index in [1.165, 1.54) is 35.2 Å². The van der Waals surface area contributed by atoms with Crippen molar-refractivity contribution < 1.29 is 14.3 Å². The van der Waals surface area contributed by atoms with Crippen molar-refractivity contribution in [1.29, 1.82) is 0 Å². The Morgan fingerprint density at radius 1 is 1.09 bits per heavy atom. The molecule has 1 aromatic carbocycles. The minimum absolute atomic E-state index is 0. The third-order valence-electron chi connectivity index (χ3n) is 7.94. The number of fused-ring (bicyclic) bond motifs is 1. The zero-order valence-corrected chi connectivity index (χ0v) is 26.3. The highest BCUT2D eigenvalue weighted by Gasteiger charge is 2.34. The fourth-order valence-electron chi connectivity index (χ4n) is 5.78. The number of carbonyl (C=O) groups is 1. The first-order valence-electron chi connectivity index (χ1n) is 14.5. The molecule has 10 nitrogen and oxygen atoms in total. The number of amides is 1. The third kappa shape index (κ3) is 5.88. The van der Waals surface area contributed by atoms with Gasteiger partial charge >= 0.3 is 5.69 Å². The molecule has 0 aliphatic carbocycles.